The minimum Gasteiger partial charge on any atom is -0.489 e. The standard InChI is InChI=1S/C19H19F3O4/c1-18(2,11-17(23)24)26-16-9-7-15(8-10-16)25-12-13-3-5-14(6-4-13)19(20,21)22/h3-10H,11-12H2,1-2H3,(H,23,24). The highest BCUT2D eigenvalue weighted by molar-refractivity contribution is 5.68. The largest absolute Gasteiger partial charge is 0.489 e. The van der Waals surface area contributed by atoms with E-state index < -0.39 is 23.3 Å². The predicted octanol–water partition coefficient (Wildman–Crippen LogP) is 4.92. The van der Waals surface area contributed by atoms with Crippen LogP contribution in [0, 0.1) is 0 Å². The number of hydrogen-bond acceptors (Lipinski definition) is 3. The zero-order valence-corrected chi connectivity index (χ0v) is 14.3. The molecule has 0 saturated carbocycles. The van der Waals surface area contributed by atoms with Crippen molar-refractivity contribution in [2.24, 2.45) is 0 Å². The molecule has 0 radical (unpaired) electrons. The second-order valence-electron chi connectivity index (χ2n) is 6.39. The molecule has 26 heavy (non-hydrogen) atoms. The first-order valence-electron chi connectivity index (χ1n) is 7.85. The summed E-state index contributed by atoms with van der Waals surface area (Å²) in [6.45, 7) is 3.48. The van der Waals surface area contributed by atoms with Crippen LogP contribution in [0.5, 0.6) is 11.5 Å². The van der Waals surface area contributed by atoms with E-state index in [1.54, 1.807) is 38.1 Å². The van der Waals surface area contributed by atoms with E-state index in [9.17, 15) is 18.0 Å². The van der Waals surface area contributed by atoms with Crippen molar-refractivity contribution in [1.82, 2.24) is 0 Å². The van der Waals surface area contributed by atoms with E-state index in [1.165, 1.54) is 12.1 Å². The zero-order valence-electron chi connectivity index (χ0n) is 14.3. The van der Waals surface area contributed by atoms with Gasteiger partial charge >= 0.3 is 12.1 Å². The first-order chi connectivity index (χ1) is 12.0. The van der Waals surface area contributed by atoms with Crippen LogP contribution in [0.4, 0.5) is 13.2 Å². The second kappa shape index (κ2) is 7.68. The van der Waals surface area contributed by atoms with Crippen LogP contribution in [0.1, 0.15) is 31.4 Å². The van der Waals surface area contributed by atoms with Crippen molar-refractivity contribution in [3.63, 3.8) is 0 Å². The van der Waals surface area contributed by atoms with Gasteiger partial charge < -0.3 is 14.6 Å². The monoisotopic (exact) mass is 368 g/mol. The Morgan fingerprint density at radius 1 is 0.962 bits per heavy atom. The Morgan fingerprint density at radius 2 is 1.50 bits per heavy atom. The molecule has 7 heteroatoms. The Hall–Kier alpha value is -2.70. The average molecular weight is 368 g/mol. The molecule has 0 amide bonds. The van der Waals surface area contributed by atoms with Crippen molar-refractivity contribution in [2.45, 2.75) is 38.7 Å². The minimum atomic E-state index is -4.36. The Bertz CT molecular complexity index is 735. The third kappa shape index (κ3) is 5.98. The van der Waals surface area contributed by atoms with Gasteiger partial charge in [0.15, 0.2) is 0 Å². The summed E-state index contributed by atoms with van der Waals surface area (Å²) >= 11 is 0. The maximum absolute atomic E-state index is 12.5. The normalized spacial score (nSPS) is 11.9. The number of carboxylic acid groups (broad SMARTS) is 1. The fourth-order valence-electron chi connectivity index (χ4n) is 2.28. The molecule has 2 rings (SSSR count). The van der Waals surface area contributed by atoms with Crippen molar-refractivity contribution in [2.75, 3.05) is 0 Å². The number of benzene rings is 2. The van der Waals surface area contributed by atoms with Crippen LogP contribution < -0.4 is 9.47 Å². The highest BCUT2D eigenvalue weighted by atomic mass is 19.4. The summed E-state index contributed by atoms with van der Waals surface area (Å²) in [6, 6.07) is 11.4. The molecule has 2 aromatic carbocycles. The van der Waals surface area contributed by atoms with Gasteiger partial charge in [0.1, 0.15) is 23.7 Å². The molecule has 2 aromatic rings. The first kappa shape index (κ1) is 19.6. The van der Waals surface area contributed by atoms with Crippen molar-refractivity contribution in [3.8, 4) is 11.5 Å². The number of halogens is 3. The van der Waals surface area contributed by atoms with Gasteiger partial charge in [0, 0.05) is 0 Å². The van der Waals surface area contributed by atoms with Gasteiger partial charge in [-0.1, -0.05) is 12.1 Å². The molecule has 0 fully saturated rings. The third-order valence-electron chi connectivity index (χ3n) is 3.48. The Morgan fingerprint density at radius 3 is 2.00 bits per heavy atom. The molecule has 0 aliphatic carbocycles. The van der Waals surface area contributed by atoms with E-state index in [0.29, 0.717) is 17.1 Å². The van der Waals surface area contributed by atoms with Gasteiger partial charge in [0.2, 0.25) is 0 Å². The van der Waals surface area contributed by atoms with Crippen LogP contribution in [-0.2, 0) is 17.6 Å². The molecule has 140 valence electrons. The van der Waals surface area contributed by atoms with Crippen molar-refractivity contribution in [3.05, 3.63) is 59.7 Å². The van der Waals surface area contributed by atoms with Gasteiger partial charge in [-0.3, -0.25) is 4.79 Å². The highest BCUT2D eigenvalue weighted by Crippen LogP contribution is 2.29. The number of carbonyl (C=O) groups is 1. The topological polar surface area (TPSA) is 55.8 Å². The van der Waals surface area contributed by atoms with Crippen LogP contribution in [0.2, 0.25) is 0 Å². The van der Waals surface area contributed by atoms with Crippen LogP contribution in [0.25, 0.3) is 0 Å². The lowest BCUT2D eigenvalue weighted by molar-refractivity contribution is -0.140. The lowest BCUT2D eigenvalue weighted by Gasteiger charge is -2.24. The molecule has 0 atom stereocenters. The first-order valence-corrected chi connectivity index (χ1v) is 7.85. The van der Waals surface area contributed by atoms with Gasteiger partial charge in [-0.05, 0) is 55.8 Å². The Labute approximate surface area is 149 Å². The molecule has 4 nitrogen and oxygen atoms in total. The van der Waals surface area contributed by atoms with E-state index in [-0.39, 0.29) is 13.0 Å². The zero-order chi connectivity index (χ0) is 19.4. The molecule has 0 aliphatic heterocycles. The van der Waals surface area contributed by atoms with Gasteiger partial charge in [0.05, 0.1) is 12.0 Å². The highest BCUT2D eigenvalue weighted by Gasteiger charge is 2.29. The molecular formula is C19H19F3O4. The number of carboxylic acids is 1. The second-order valence-corrected chi connectivity index (χ2v) is 6.39. The maximum atomic E-state index is 12.5. The van der Waals surface area contributed by atoms with Gasteiger partial charge in [-0.25, -0.2) is 0 Å². The van der Waals surface area contributed by atoms with E-state index in [0.717, 1.165) is 12.1 Å². The van der Waals surface area contributed by atoms with Crippen LogP contribution in [0.3, 0.4) is 0 Å². The molecule has 0 spiro atoms. The number of aliphatic carboxylic acids is 1. The van der Waals surface area contributed by atoms with E-state index in [2.05, 4.69) is 0 Å². The molecule has 0 saturated heterocycles. The third-order valence-corrected chi connectivity index (χ3v) is 3.48. The number of rotatable bonds is 7. The summed E-state index contributed by atoms with van der Waals surface area (Å²) in [5, 5.41) is 8.85. The molecule has 0 heterocycles. The Kier molecular flexibility index (Phi) is 5.79. The summed E-state index contributed by atoms with van der Waals surface area (Å²) in [7, 11) is 0. The lowest BCUT2D eigenvalue weighted by atomic mass is 10.1. The number of hydrogen-bond donors (Lipinski definition) is 1. The molecule has 1 N–H and O–H groups in total. The van der Waals surface area contributed by atoms with Gasteiger partial charge in [-0.2, -0.15) is 13.2 Å². The predicted molar refractivity (Wildman–Crippen MR) is 89.2 cm³/mol. The fourth-order valence-corrected chi connectivity index (χ4v) is 2.28. The summed E-state index contributed by atoms with van der Waals surface area (Å²) in [6.07, 6.45) is -4.50. The molecule has 0 aliphatic rings. The summed E-state index contributed by atoms with van der Waals surface area (Å²) in [5.74, 6) is 0.0675. The van der Waals surface area contributed by atoms with Crippen LogP contribution in [0.15, 0.2) is 48.5 Å². The van der Waals surface area contributed by atoms with Gasteiger partial charge in [0.25, 0.3) is 0 Å². The Balaban J connectivity index is 1.92. The van der Waals surface area contributed by atoms with E-state index in [4.69, 9.17) is 14.6 Å². The average Bonchev–Trinajstić information content (AvgIpc) is 2.52. The van der Waals surface area contributed by atoms with Crippen LogP contribution >= 0.6 is 0 Å². The number of alkyl halides is 3. The van der Waals surface area contributed by atoms with Crippen LogP contribution in [-0.4, -0.2) is 16.7 Å². The molecule has 0 aromatic heterocycles. The van der Waals surface area contributed by atoms with Crippen molar-refractivity contribution >= 4 is 5.97 Å². The fraction of sp³-hybridized carbons (Fsp3) is 0.316. The van der Waals surface area contributed by atoms with E-state index in [1.807, 2.05) is 0 Å². The summed E-state index contributed by atoms with van der Waals surface area (Å²) in [5.41, 5.74) is -0.943. The lowest BCUT2D eigenvalue weighted by Crippen LogP contribution is -2.31. The smallest absolute Gasteiger partial charge is 0.416 e. The van der Waals surface area contributed by atoms with Crippen molar-refractivity contribution in [1.29, 1.82) is 0 Å². The maximum Gasteiger partial charge on any atom is 0.416 e. The van der Waals surface area contributed by atoms with E-state index >= 15 is 0 Å². The molecular weight excluding hydrogens is 349 g/mol. The van der Waals surface area contributed by atoms with Crippen molar-refractivity contribution < 1.29 is 32.5 Å². The summed E-state index contributed by atoms with van der Waals surface area (Å²) < 4.78 is 48.7. The SMILES string of the molecule is CC(C)(CC(=O)O)Oc1ccc(OCc2ccc(C(F)(F)F)cc2)cc1. The molecule has 0 unspecified atom stereocenters. The quantitative estimate of drug-likeness (QED) is 0.754. The minimum absolute atomic E-state index is 0.128. The van der Waals surface area contributed by atoms with Gasteiger partial charge in [-0.15, -0.1) is 0 Å². The summed E-state index contributed by atoms with van der Waals surface area (Å²) in [4.78, 5) is 10.8. The number of ether oxygens (including phenoxy) is 2. The molecule has 0 bridgehead atoms.